The van der Waals surface area contributed by atoms with Crippen molar-refractivity contribution in [1.82, 2.24) is 5.32 Å². The minimum Gasteiger partial charge on any atom is -0.495 e. The standard InChI is InChI=1S/C33H36ClNO4/c1-36-32-14-8-25(20-31(32)34)22-37-17-4-18-38-29-12-10-27(11-13-29)30-15-16-35-21-33(30)39-23-24-7-9-26-5-2-3-6-28(26)19-24/h2-3,5-14,19-20,30,33,35H,4,15-18,21-23H2,1H3. The number of rotatable bonds is 12. The highest BCUT2D eigenvalue weighted by molar-refractivity contribution is 6.32. The van der Waals surface area contributed by atoms with Crippen LogP contribution in [0.2, 0.25) is 5.02 Å². The Balaban J connectivity index is 1.06. The summed E-state index contributed by atoms with van der Waals surface area (Å²) in [4.78, 5) is 0. The molecule has 6 heteroatoms. The Kier molecular flexibility index (Phi) is 9.73. The first-order valence-electron chi connectivity index (χ1n) is 13.6. The number of benzene rings is 4. The molecule has 0 aromatic heterocycles. The summed E-state index contributed by atoms with van der Waals surface area (Å²) in [5.41, 5.74) is 3.53. The second kappa shape index (κ2) is 13.8. The maximum atomic E-state index is 6.45. The van der Waals surface area contributed by atoms with Crippen LogP contribution in [0.4, 0.5) is 0 Å². The first-order chi connectivity index (χ1) is 19.2. The fourth-order valence-corrected chi connectivity index (χ4v) is 5.35. The fourth-order valence-electron chi connectivity index (χ4n) is 5.07. The number of ether oxygens (including phenoxy) is 4. The van der Waals surface area contributed by atoms with E-state index in [1.807, 2.05) is 18.2 Å². The largest absolute Gasteiger partial charge is 0.495 e. The van der Waals surface area contributed by atoms with Crippen molar-refractivity contribution in [3.8, 4) is 11.5 Å². The highest BCUT2D eigenvalue weighted by atomic mass is 35.5. The Morgan fingerprint density at radius 3 is 2.46 bits per heavy atom. The molecule has 1 aliphatic rings. The van der Waals surface area contributed by atoms with Crippen LogP contribution in [0.15, 0.2) is 84.9 Å². The molecule has 1 N–H and O–H groups in total. The zero-order valence-electron chi connectivity index (χ0n) is 22.4. The predicted molar refractivity (Wildman–Crippen MR) is 157 cm³/mol. The number of halogens is 1. The SMILES string of the molecule is COc1ccc(COCCCOc2ccc(C3CCNCC3OCc3ccc4ccccc4c3)cc2)cc1Cl. The van der Waals surface area contributed by atoms with Crippen molar-refractivity contribution in [2.75, 3.05) is 33.4 Å². The smallest absolute Gasteiger partial charge is 0.137 e. The molecular weight excluding hydrogens is 510 g/mol. The van der Waals surface area contributed by atoms with Crippen molar-refractivity contribution in [3.63, 3.8) is 0 Å². The molecule has 204 valence electrons. The summed E-state index contributed by atoms with van der Waals surface area (Å²) < 4.78 is 23.4. The molecule has 5 rings (SSSR count). The summed E-state index contributed by atoms with van der Waals surface area (Å²) in [5, 5.41) is 6.60. The lowest BCUT2D eigenvalue weighted by Crippen LogP contribution is -2.40. The minimum absolute atomic E-state index is 0.134. The van der Waals surface area contributed by atoms with Gasteiger partial charge in [0.15, 0.2) is 0 Å². The molecule has 1 saturated heterocycles. The van der Waals surface area contributed by atoms with E-state index in [9.17, 15) is 0 Å². The van der Waals surface area contributed by atoms with Crippen LogP contribution in [0, 0.1) is 0 Å². The van der Waals surface area contributed by atoms with Crippen molar-refractivity contribution in [2.45, 2.75) is 38.1 Å². The zero-order chi connectivity index (χ0) is 26.9. The second-order valence-corrected chi connectivity index (χ2v) is 10.3. The second-order valence-electron chi connectivity index (χ2n) is 9.92. The highest BCUT2D eigenvalue weighted by Gasteiger charge is 2.27. The van der Waals surface area contributed by atoms with Crippen molar-refractivity contribution >= 4 is 22.4 Å². The van der Waals surface area contributed by atoms with Crippen LogP contribution >= 0.6 is 11.6 Å². The maximum absolute atomic E-state index is 6.45. The molecule has 1 aliphatic heterocycles. The Hall–Kier alpha value is -3.09. The first-order valence-corrected chi connectivity index (χ1v) is 14.0. The first kappa shape index (κ1) is 27.5. The average molecular weight is 546 g/mol. The molecular formula is C33H36ClNO4. The Labute approximate surface area is 236 Å². The van der Waals surface area contributed by atoms with E-state index in [2.05, 4.69) is 72.0 Å². The van der Waals surface area contributed by atoms with Crippen molar-refractivity contribution in [2.24, 2.45) is 0 Å². The van der Waals surface area contributed by atoms with Gasteiger partial charge in [0, 0.05) is 18.9 Å². The number of piperidine rings is 1. The fraction of sp³-hybridized carbons (Fsp3) is 0.333. The summed E-state index contributed by atoms with van der Waals surface area (Å²) in [6.07, 6.45) is 2.00. The normalized spacial score (nSPS) is 17.3. The van der Waals surface area contributed by atoms with Crippen LogP contribution in [0.3, 0.4) is 0 Å². The van der Waals surface area contributed by atoms with E-state index in [1.165, 1.54) is 21.9 Å². The van der Waals surface area contributed by atoms with Crippen LogP contribution < -0.4 is 14.8 Å². The molecule has 39 heavy (non-hydrogen) atoms. The molecule has 1 heterocycles. The van der Waals surface area contributed by atoms with Crippen LogP contribution in [0.5, 0.6) is 11.5 Å². The Bertz CT molecular complexity index is 1340. The number of methoxy groups -OCH3 is 1. The van der Waals surface area contributed by atoms with Crippen LogP contribution in [-0.4, -0.2) is 39.5 Å². The summed E-state index contributed by atoms with van der Waals surface area (Å²) in [7, 11) is 1.61. The van der Waals surface area contributed by atoms with Gasteiger partial charge in [-0.25, -0.2) is 0 Å². The Morgan fingerprint density at radius 1 is 0.846 bits per heavy atom. The van der Waals surface area contributed by atoms with Gasteiger partial charge in [0.2, 0.25) is 0 Å². The zero-order valence-corrected chi connectivity index (χ0v) is 23.2. The topological polar surface area (TPSA) is 49.0 Å². The van der Waals surface area contributed by atoms with E-state index in [1.54, 1.807) is 7.11 Å². The van der Waals surface area contributed by atoms with Gasteiger partial charge >= 0.3 is 0 Å². The van der Waals surface area contributed by atoms with E-state index in [4.69, 9.17) is 30.5 Å². The molecule has 0 saturated carbocycles. The molecule has 1 fully saturated rings. The third kappa shape index (κ3) is 7.52. The third-order valence-corrected chi connectivity index (χ3v) is 7.49. The van der Waals surface area contributed by atoms with Gasteiger partial charge in [-0.15, -0.1) is 0 Å². The lowest BCUT2D eigenvalue weighted by atomic mass is 9.87. The molecule has 5 nitrogen and oxygen atoms in total. The van der Waals surface area contributed by atoms with E-state index in [0.29, 0.717) is 43.1 Å². The Morgan fingerprint density at radius 2 is 1.64 bits per heavy atom. The van der Waals surface area contributed by atoms with Gasteiger partial charge in [0.25, 0.3) is 0 Å². The molecule has 4 aromatic rings. The number of hydrogen-bond acceptors (Lipinski definition) is 5. The monoisotopic (exact) mass is 545 g/mol. The minimum atomic E-state index is 0.134. The van der Waals surface area contributed by atoms with Crippen LogP contribution in [0.25, 0.3) is 10.8 Å². The van der Waals surface area contributed by atoms with Gasteiger partial charge < -0.3 is 24.3 Å². The van der Waals surface area contributed by atoms with Crippen molar-refractivity contribution in [3.05, 3.63) is 107 Å². The summed E-state index contributed by atoms with van der Waals surface area (Å²) in [6, 6.07) is 29.2. The molecule has 0 aliphatic carbocycles. The van der Waals surface area contributed by atoms with E-state index < -0.39 is 0 Å². The van der Waals surface area contributed by atoms with Crippen LogP contribution in [0.1, 0.15) is 35.4 Å². The lowest BCUT2D eigenvalue weighted by Gasteiger charge is -2.32. The number of hydrogen-bond donors (Lipinski definition) is 1. The summed E-state index contributed by atoms with van der Waals surface area (Å²) >= 11 is 6.18. The maximum Gasteiger partial charge on any atom is 0.137 e. The van der Waals surface area contributed by atoms with Gasteiger partial charge in [-0.2, -0.15) is 0 Å². The number of nitrogens with one attached hydrogen (secondary N) is 1. The molecule has 0 radical (unpaired) electrons. The molecule has 0 amide bonds. The van der Waals surface area contributed by atoms with Gasteiger partial charge in [0.1, 0.15) is 11.5 Å². The molecule has 0 spiro atoms. The van der Waals surface area contributed by atoms with Gasteiger partial charge in [0.05, 0.1) is 44.7 Å². The molecule has 2 atom stereocenters. The predicted octanol–water partition coefficient (Wildman–Crippen LogP) is 7.15. The summed E-state index contributed by atoms with van der Waals surface area (Å²) in [6.45, 7) is 4.21. The third-order valence-electron chi connectivity index (χ3n) is 7.20. The molecule has 0 bridgehead atoms. The van der Waals surface area contributed by atoms with E-state index in [0.717, 1.165) is 37.2 Å². The average Bonchev–Trinajstić information content (AvgIpc) is 2.98. The van der Waals surface area contributed by atoms with E-state index >= 15 is 0 Å². The number of fused-ring (bicyclic) bond motifs is 1. The molecule has 4 aromatic carbocycles. The lowest BCUT2D eigenvalue weighted by molar-refractivity contribution is 0.0106. The quantitative estimate of drug-likeness (QED) is 0.192. The molecule has 2 unspecified atom stereocenters. The van der Waals surface area contributed by atoms with Gasteiger partial charge in [-0.3, -0.25) is 0 Å². The highest BCUT2D eigenvalue weighted by Crippen LogP contribution is 2.30. The van der Waals surface area contributed by atoms with Crippen molar-refractivity contribution in [1.29, 1.82) is 0 Å². The summed E-state index contributed by atoms with van der Waals surface area (Å²) in [5.74, 6) is 1.91. The van der Waals surface area contributed by atoms with E-state index in [-0.39, 0.29) is 6.10 Å². The van der Waals surface area contributed by atoms with Gasteiger partial charge in [-0.1, -0.05) is 66.2 Å². The van der Waals surface area contributed by atoms with Gasteiger partial charge in [-0.05, 0) is 70.8 Å². The van der Waals surface area contributed by atoms with Crippen molar-refractivity contribution < 1.29 is 18.9 Å². The van der Waals surface area contributed by atoms with Crippen LogP contribution in [-0.2, 0) is 22.7 Å².